The van der Waals surface area contributed by atoms with Gasteiger partial charge >= 0.3 is 5.97 Å². The van der Waals surface area contributed by atoms with Gasteiger partial charge in [0, 0.05) is 38.4 Å². The molecule has 2 aliphatic rings. The first-order valence-electron chi connectivity index (χ1n) is 17.9. The number of aliphatic hydroxyl groups is 4. The van der Waals surface area contributed by atoms with Crippen molar-refractivity contribution in [1.82, 2.24) is 0 Å². The van der Waals surface area contributed by atoms with Gasteiger partial charge in [-0.25, -0.2) is 0 Å². The number of ketones is 1. The highest BCUT2D eigenvalue weighted by atomic mass is 16.7. The zero-order valence-corrected chi connectivity index (χ0v) is 32.6. The number of carbonyl (C=O) groups excluding carboxylic acids is 2. The lowest BCUT2D eigenvalue weighted by molar-refractivity contribution is -0.300. The molecule has 2 aliphatic heterocycles. The summed E-state index contributed by atoms with van der Waals surface area (Å²) in [6, 6.07) is 0. The molecule has 0 bridgehead atoms. The fourth-order valence-corrected chi connectivity index (χ4v) is 7.40. The Morgan fingerprint density at radius 2 is 1.63 bits per heavy atom. The van der Waals surface area contributed by atoms with Crippen molar-refractivity contribution in [3.63, 3.8) is 0 Å². The van der Waals surface area contributed by atoms with Crippen LogP contribution in [0, 0.1) is 23.7 Å². The van der Waals surface area contributed by atoms with Gasteiger partial charge in [-0.3, -0.25) is 9.59 Å². The van der Waals surface area contributed by atoms with E-state index >= 15 is 0 Å². The Labute approximate surface area is 303 Å². The maximum absolute atomic E-state index is 14.0. The molecule has 0 saturated carbocycles. The van der Waals surface area contributed by atoms with E-state index in [9.17, 15) is 30.0 Å². The quantitative estimate of drug-likeness (QED) is 0.0930. The van der Waals surface area contributed by atoms with Crippen LogP contribution in [0.5, 0.6) is 0 Å². The second-order valence-electron chi connectivity index (χ2n) is 15.0. The predicted octanol–water partition coefficient (Wildman–Crippen LogP) is 2.37. The zero-order valence-electron chi connectivity index (χ0n) is 32.6. The fraction of sp³-hybridized carbons (Fsp3) is 0.917. The second-order valence-corrected chi connectivity index (χ2v) is 15.0. The maximum atomic E-state index is 14.0. The lowest BCUT2D eigenvalue weighted by Crippen LogP contribution is -2.59. The van der Waals surface area contributed by atoms with Gasteiger partial charge in [-0.2, -0.15) is 0 Å². The third-order valence-electron chi connectivity index (χ3n) is 10.5. The summed E-state index contributed by atoms with van der Waals surface area (Å²) in [6.07, 6.45) is -7.11. The number of hydrogen-bond acceptors (Lipinski definition) is 15. The molecular formula is C36H65NO14. The Bertz CT molecular complexity index is 1130. The van der Waals surface area contributed by atoms with E-state index in [-0.39, 0.29) is 45.1 Å². The van der Waals surface area contributed by atoms with E-state index in [1.807, 2.05) is 0 Å². The summed E-state index contributed by atoms with van der Waals surface area (Å²) in [5, 5.41) is 50.8. The molecule has 298 valence electrons. The third-order valence-corrected chi connectivity index (χ3v) is 10.5. The summed E-state index contributed by atoms with van der Waals surface area (Å²) >= 11 is 0. The molecule has 15 heteroatoms. The number of ether oxygens (including phenoxy) is 7. The molecule has 0 aromatic rings. The molecule has 0 aromatic heterocycles. The lowest BCUT2D eigenvalue weighted by atomic mass is 9.73. The number of esters is 1. The Hall–Kier alpha value is -1.79. The molecule has 15 nitrogen and oxygen atoms in total. The molecule has 14 atom stereocenters. The smallest absolute Gasteiger partial charge is 0.311 e. The molecule has 0 aliphatic carbocycles. The van der Waals surface area contributed by atoms with Gasteiger partial charge in [0.2, 0.25) is 6.79 Å². The first kappa shape index (κ1) is 45.4. The molecule has 51 heavy (non-hydrogen) atoms. The van der Waals surface area contributed by atoms with E-state index in [4.69, 9.17) is 38.0 Å². The number of Topliss-reactive ketones (excluding diaryl/α,β-unsaturated/α-hetero) is 1. The van der Waals surface area contributed by atoms with Crippen LogP contribution in [0.3, 0.4) is 0 Å². The summed E-state index contributed by atoms with van der Waals surface area (Å²) in [5.41, 5.74) is -4.36. The van der Waals surface area contributed by atoms with Crippen LogP contribution in [0.15, 0.2) is 5.16 Å². The average molecular weight is 736 g/mol. The SMILES string of the molecule is CC[C@H]1OC(=O)[C@H](C)[C@@H](O[C@H]2CC(C)(OC)[C@@H](O)C(C)O2)[C@H](C)[C@@H](OCC(C)=O)[C@](C)(O)C[C@@H](C)/C(=N\OCOCCOC)[C@H](C)[C@@H](O)[C@]1(C)O. The van der Waals surface area contributed by atoms with Crippen LogP contribution in [-0.4, -0.2) is 138 Å². The van der Waals surface area contributed by atoms with Gasteiger partial charge in [-0.15, -0.1) is 0 Å². The van der Waals surface area contributed by atoms with Crippen molar-refractivity contribution < 1.29 is 68.0 Å². The van der Waals surface area contributed by atoms with Crippen molar-refractivity contribution in [2.24, 2.45) is 28.8 Å². The fourth-order valence-electron chi connectivity index (χ4n) is 7.40. The van der Waals surface area contributed by atoms with Crippen molar-refractivity contribution in [3.05, 3.63) is 0 Å². The number of cyclic esters (lactones) is 1. The summed E-state index contributed by atoms with van der Waals surface area (Å²) in [5.74, 6) is -4.24. The minimum absolute atomic E-state index is 0.000502. The summed E-state index contributed by atoms with van der Waals surface area (Å²) < 4.78 is 40.7. The number of rotatable bonds is 13. The maximum Gasteiger partial charge on any atom is 0.311 e. The van der Waals surface area contributed by atoms with Crippen molar-refractivity contribution in [1.29, 1.82) is 0 Å². The van der Waals surface area contributed by atoms with E-state index in [0.29, 0.717) is 12.3 Å². The third kappa shape index (κ3) is 11.6. The minimum atomic E-state index is -1.95. The van der Waals surface area contributed by atoms with Gasteiger partial charge in [0.05, 0.1) is 60.5 Å². The molecular weight excluding hydrogens is 670 g/mol. The van der Waals surface area contributed by atoms with Gasteiger partial charge in [-0.1, -0.05) is 32.9 Å². The normalized spacial score (nSPS) is 42.6. The second kappa shape index (κ2) is 19.5. The molecule has 2 heterocycles. The monoisotopic (exact) mass is 735 g/mol. The van der Waals surface area contributed by atoms with Crippen molar-refractivity contribution in [3.8, 4) is 0 Å². The average Bonchev–Trinajstić information content (AvgIpc) is 3.05. The van der Waals surface area contributed by atoms with Crippen LogP contribution < -0.4 is 0 Å². The molecule has 4 N–H and O–H groups in total. The van der Waals surface area contributed by atoms with Crippen LogP contribution >= 0.6 is 0 Å². The number of nitrogens with zero attached hydrogens (tertiary/aromatic N) is 1. The van der Waals surface area contributed by atoms with E-state index in [1.54, 1.807) is 62.5 Å². The number of aliphatic hydroxyl groups excluding tert-OH is 2. The van der Waals surface area contributed by atoms with Crippen molar-refractivity contribution in [2.45, 2.75) is 148 Å². The number of methoxy groups -OCH3 is 2. The Morgan fingerprint density at radius 1 is 0.980 bits per heavy atom. The molecule has 2 rings (SSSR count). The number of carbonyl (C=O) groups is 2. The highest BCUT2D eigenvalue weighted by Gasteiger charge is 2.52. The Kier molecular flexibility index (Phi) is 17.4. The minimum Gasteiger partial charge on any atom is -0.459 e. The summed E-state index contributed by atoms with van der Waals surface area (Å²) in [7, 11) is 3.02. The zero-order chi connectivity index (χ0) is 38.9. The topological polar surface area (TPSA) is 201 Å². The van der Waals surface area contributed by atoms with Crippen LogP contribution in [0.1, 0.15) is 88.5 Å². The van der Waals surface area contributed by atoms with E-state index < -0.39 is 89.4 Å². The van der Waals surface area contributed by atoms with Crippen LogP contribution in [0.25, 0.3) is 0 Å². The van der Waals surface area contributed by atoms with Gasteiger partial charge in [0.25, 0.3) is 0 Å². The molecule has 0 radical (unpaired) electrons. The van der Waals surface area contributed by atoms with E-state index in [1.165, 1.54) is 21.0 Å². The molecule has 2 saturated heterocycles. The highest BCUT2D eigenvalue weighted by Crippen LogP contribution is 2.39. The first-order valence-corrected chi connectivity index (χ1v) is 17.9. The predicted molar refractivity (Wildman–Crippen MR) is 186 cm³/mol. The molecule has 2 fully saturated rings. The van der Waals surface area contributed by atoms with Gasteiger partial charge in [-0.05, 0) is 54.4 Å². The van der Waals surface area contributed by atoms with E-state index in [0.717, 1.165) is 0 Å². The van der Waals surface area contributed by atoms with Crippen molar-refractivity contribution >= 4 is 17.5 Å². The molecule has 0 aromatic carbocycles. The van der Waals surface area contributed by atoms with Gasteiger partial charge < -0.3 is 58.4 Å². The van der Waals surface area contributed by atoms with Crippen molar-refractivity contribution in [2.75, 3.05) is 40.8 Å². The van der Waals surface area contributed by atoms with Crippen LogP contribution in [0.2, 0.25) is 0 Å². The standard InChI is InChI=1S/C36H65NO14/c1-13-26-36(10,43)30(39)22(4)28(37-48-19-46-15-14-44-11)20(2)16-34(8,42)32(47-18-21(3)38)23(5)29(24(6)33(41)50-26)51-27-17-35(9,45-12)31(40)25(7)49-27/h20,22-27,29-32,39-40,42-43H,13-19H2,1-12H3/b37-28+/t20-,22+,23+,24-,25?,26-,27+,29+,30-,31+,32-,34-,35?,36-/m1/s1. The molecule has 2 unspecified atom stereocenters. The largest absolute Gasteiger partial charge is 0.459 e. The Balaban J connectivity index is 2.70. The Morgan fingerprint density at radius 3 is 2.20 bits per heavy atom. The number of hydrogen-bond donors (Lipinski definition) is 4. The molecule has 0 spiro atoms. The summed E-state index contributed by atoms with van der Waals surface area (Å²) in [4.78, 5) is 31.7. The lowest BCUT2D eigenvalue weighted by Gasteiger charge is -2.47. The first-order chi connectivity index (χ1) is 23.7. The molecule has 0 amide bonds. The van der Waals surface area contributed by atoms with Gasteiger partial charge in [0.15, 0.2) is 12.1 Å². The van der Waals surface area contributed by atoms with Gasteiger partial charge in [0.1, 0.15) is 24.4 Å². The van der Waals surface area contributed by atoms with Crippen LogP contribution in [0.4, 0.5) is 0 Å². The highest BCUT2D eigenvalue weighted by molar-refractivity contribution is 5.88. The number of oxime groups is 1. The van der Waals surface area contributed by atoms with Crippen LogP contribution in [-0.2, 0) is 47.6 Å². The van der Waals surface area contributed by atoms with E-state index in [2.05, 4.69) is 5.16 Å². The summed E-state index contributed by atoms with van der Waals surface area (Å²) in [6.45, 7) is 16.3.